The predicted octanol–water partition coefficient (Wildman–Crippen LogP) is 2.09. The molecule has 0 unspecified atom stereocenters. The van der Waals surface area contributed by atoms with E-state index >= 15 is 0 Å². The highest BCUT2D eigenvalue weighted by Crippen LogP contribution is 2.14. The molecule has 1 saturated heterocycles. The molecule has 2 rings (SSSR count). The Morgan fingerprint density at radius 3 is 2.50 bits per heavy atom. The molecular formula is C13H16FNO3. The van der Waals surface area contributed by atoms with Crippen LogP contribution in [0.25, 0.3) is 0 Å². The SMILES string of the molecule is O=C(COc1ccc(COF)cc1)N1CCCC1. The van der Waals surface area contributed by atoms with Gasteiger partial charge >= 0.3 is 0 Å². The third-order valence-corrected chi connectivity index (χ3v) is 2.97. The maximum absolute atomic E-state index is 11.7. The number of carbonyl (C=O) groups is 1. The Labute approximate surface area is 105 Å². The summed E-state index contributed by atoms with van der Waals surface area (Å²) in [6.45, 7) is 1.63. The lowest BCUT2D eigenvalue weighted by Crippen LogP contribution is -2.32. The van der Waals surface area contributed by atoms with Crippen molar-refractivity contribution in [3.63, 3.8) is 0 Å². The fourth-order valence-electron chi connectivity index (χ4n) is 1.95. The van der Waals surface area contributed by atoms with Gasteiger partial charge in [0, 0.05) is 13.1 Å². The Kier molecular flexibility index (Phi) is 4.52. The van der Waals surface area contributed by atoms with Crippen LogP contribution in [-0.4, -0.2) is 30.5 Å². The van der Waals surface area contributed by atoms with Crippen LogP contribution in [0, 0.1) is 0 Å². The monoisotopic (exact) mass is 253 g/mol. The number of ether oxygens (including phenoxy) is 1. The molecular weight excluding hydrogens is 237 g/mol. The van der Waals surface area contributed by atoms with Gasteiger partial charge in [0.2, 0.25) is 0 Å². The van der Waals surface area contributed by atoms with E-state index in [1.807, 2.05) is 4.90 Å². The number of rotatable bonds is 5. The second-order valence-corrected chi connectivity index (χ2v) is 4.27. The quantitative estimate of drug-likeness (QED) is 0.806. The molecule has 1 aromatic rings. The fraction of sp³-hybridized carbons (Fsp3) is 0.462. The molecule has 18 heavy (non-hydrogen) atoms. The van der Waals surface area contributed by atoms with Gasteiger partial charge in [0.1, 0.15) is 12.4 Å². The van der Waals surface area contributed by atoms with Crippen LogP contribution in [0.1, 0.15) is 18.4 Å². The third kappa shape index (κ3) is 3.43. The Morgan fingerprint density at radius 2 is 1.89 bits per heavy atom. The fourth-order valence-corrected chi connectivity index (χ4v) is 1.95. The number of halogens is 1. The first-order valence-corrected chi connectivity index (χ1v) is 6.02. The molecule has 4 nitrogen and oxygen atoms in total. The van der Waals surface area contributed by atoms with Crippen molar-refractivity contribution < 1.29 is 19.0 Å². The highest BCUT2D eigenvalue weighted by Gasteiger charge is 2.17. The molecule has 0 radical (unpaired) electrons. The van der Waals surface area contributed by atoms with E-state index < -0.39 is 0 Å². The zero-order chi connectivity index (χ0) is 12.8. The smallest absolute Gasteiger partial charge is 0.260 e. The number of amides is 1. The predicted molar refractivity (Wildman–Crippen MR) is 63.6 cm³/mol. The van der Waals surface area contributed by atoms with E-state index in [2.05, 4.69) is 4.94 Å². The van der Waals surface area contributed by atoms with Gasteiger partial charge in [0.15, 0.2) is 6.61 Å². The van der Waals surface area contributed by atoms with Crippen LogP contribution in [0.15, 0.2) is 24.3 Å². The molecule has 0 bridgehead atoms. The average Bonchev–Trinajstić information content (AvgIpc) is 2.92. The van der Waals surface area contributed by atoms with Crippen molar-refractivity contribution in [3.05, 3.63) is 29.8 Å². The highest BCUT2D eigenvalue weighted by molar-refractivity contribution is 5.78. The molecule has 5 heteroatoms. The normalized spacial score (nSPS) is 14.8. The molecule has 1 amide bonds. The molecule has 1 heterocycles. The van der Waals surface area contributed by atoms with E-state index in [0.717, 1.165) is 31.5 Å². The van der Waals surface area contributed by atoms with E-state index in [-0.39, 0.29) is 19.1 Å². The molecule has 1 aliphatic heterocycles. The molecule has 0 atom stereocenters. The van der Waals surface area contributed by atoms with Gasteiger partial charge in [-0.1, -0.05) is 12.1 Å². The number of hydrogen-bond donors (Lipinski definition) is 0. The first-order chi connectivity index (χ1) is 8.79. The molecule has 98 valence electrons. The number of benzene rings is 1. The summed E-state index contributed by atoms with van der Waals surface area (Å²) in [5, 5.41) is 0. The van der Waals surface area contributed by atoms with Gasteiger partial charge in [0.25, 0.3) is 5.91 Å². The maximum atomic E-state index is 11.7. The maximum Gasteiger partial charge on any atom is 0.260 e. The Balaban J connectivity index is 1.80. The van der Waals surface area contributed by atoms with Gasteiger partial charge in [-0.2, -0.15) is 4.94 Å². The van der Waals surface area contributed by atoms with Crippen LogP contribution in [0.5, 0.6) is 5.75 Å². The van der Waals surface area contributed by atoms with Gasteiger partial charge in [-0.05, 0) is 35.1 Å². The van der Waals surface area contributed by atoms with Crippen molar-refractivity contribution in [3.8, 4) is 5.75 Å². The number of likely N-dealkylation sites (tertiary alicyclic amines) is 1. The molecule has 0 spiro atoms. The van der Waals surface area contributed by atoms with Gasteiger partial charge in [0.05, 0.1) is 0 Å². The van der Waals surface area contributed by atoms with Crippen molar-refractivity contribution in [2.24, 2.45) is 0 Å². The summed E-state index contributed by atoms with van der Waals surface area (Å²) in [5.74, 6) is 0.619. The third-order valence-electron chi connectivity index (χ3n) is 2.97. The van der Waals surface area contributed by atoms with Crippen LogP contribution in [0.3, 0.4) is 0 Å². The summed E-state index contributed by atoms with van der Waals surface area (Å²) in [7, 11) is 0. The van der Waals surface area contributed by atoms with Crippen molar-refractivity contribution in [2.45, 2.75) is 19.4 Å². The van der Waals surface area contributed by atoms with Crippen molar-refractivity contribution >= 4 is 5.91 Å². The topological polar surface area (TPSA) is 38.8 Å². The summed E-state index contributed by atoms with van der Waals surface area (Å²) >= 11 is 0. The van der Waals surface area contributed by atoms with Gasteiger partial charge in [-0.3, -0.25) is 4.79 Å². The minimum Gasteiger partial charge on any atom is -0.484 e. The zero-order valence-corrected chi connectivity index (χ0v) is 10.1. The van der Waals surface area contributed by atoms with Gasteiger partial charge < -0.3 is 9.64 Å². The van der Waals surface area contributed by atoms with Crippen molar-refractivity contribution in [1.29, 1.82) is 0 Å². The highest BCUT2D eigenvalue weighted by atomic mass is 19.3. The summed E-state index contributed by atoms with van der Waals surface area (Å²) in [6.07, 6.45) is 2.15. The molecule has 0 N–H and O–H groups in total. The van der Waals surface area contributed by atoms with E-state index in [0.29, 0.717) is 5.75 Å². The summed E-state index contributed by atoms with van der Waals surface area (Å²) in [4.78, 5) is 17.1. The number of hydrogen-bond acceptors (Lipinski definition) is 3. The lowest BCUT2D eigenvalue weighted by molar-refractivity contribution is -0.144. The van der Waals surface area contributed by atoms with Gasteiger partial charge in [-0.25, -0.2) is 0 Å². The first-order valence-electron chi connectivity index (χ1n) is 6.02. The summed E-state index contributed by atoms with van der Waals surface area (Å²) in [5.41, 5.74) is 0.718. The van der Waals surface area contributed by atoms with Crippen LogP contribution in [0.4, 0.5) is 4.53 Å². The first kappa shape index (κ1) is 12.8. The van der Waals surface area contributed by atoms with Crippen LogP contribution >= 0.6 is 0 Å². The van der Waals surface area contributed by atoms with Crippen molar-refractivity contribution in [2.75, 3.05) is 19.7 Å². The van der Waals surface area contributed by atoms with E-state index in [1.54, 1.807) is 24.3 Å². The second-order valence-electron chi connectivity index (χ2n) is 4.27. The minimum atomic E-state index is -0.0764. The second kappa shape index (κ2) is 6.35. The van der Waals surface area contributed by atoms with E-state index in [4.69, 9.17) is 4.74 Å². The zero-order valence-electron chi connectivity index (χ0n) is 10.1. The Morgan fingerprint density at radius 1 is 1.22 bits per heavy atom. The number of nitrogens with zero attached hydrogens (tertiary/aromatic N) is 1. The lowest BCUT2D eigenvalue weighted by Gasteiger charge is -2.15. The standard InChI is InChI=1S/C13H16FNO3/c14-18-9-11-3-5-12(6-4-11)17-10-13(16)15-7-1-2-8-15/h3-6H,1-2,7-10H2. The lowest BCUT2D eigenvalue weighted by atomic mass is 10.2. The Hall–Kier alpha value is -1.62. The summed E-state index contributed by atoms with van der Waals surface area (Å²) < 4.78 is 17.0. The Bertz CT molecular complexity index is 388. The van der Waals surface area contributed by atoms with E-state index in [9.17, 15) is 9.32 Å². The van der Waals surface area contributed by atoms with Crippen LogP contribution in [-0.2, 0) is 16.3 Å². The molecule has 0 aromatic heterocycles. The molecule has 1 aromatic carbocycles. The van der Waals surface area contributed by atoms with Crippen LogP contribution in [0.2, 0.25) is 0 Å². The van der Waals surface area contributed by atoms with E-state index in [1.165, 1.54) is 0 Å². The minimum absolute atomic E-state index is 0.0173. The van der Waals surface area contributed by atoms with Gasteiger partial charge in [-0.15, -0.1) is 0 Å². The van der Waals surface area contributed by atoms with Crippen LogP contribution < -0.4 is 4.74 Å². The molecule has 0 saturated carbocycles. The number of carbonyl (C=O) groups excluding carboxylic acids is 1. The molecule has 0 aliphatic carbocycles. The average molecular weight is 253 g/mol. The largest absolute Gasteiger partial charge is 0.484 e. The molecule has 1 aliphatic rings. The molecule has 1 fully saturated rings. The van der Waals surface area contributed by atoms with Crippen molar-refractivity contribution in [1.82, 2.24) is 4.90 Å². The summed E-state index contributed by atoms with van der Waals surface area (Å²) in [6, 6.07) is 6.81.